The van der Waals surface area contributed by atoms with E-state index in [9.17, 15) is 5.11 Å². The number of halogens is 1. The zero-order valence-corrected chi connectivity index (χ0v) is 10.2. The molecule has 0 saturated carbocycles. The second-order valence-corrected chi connectivity index (χ2v) is 4.52. The van der Waals surface area contributed by atoms with Crippen LogP contribution in [0.1, 0.15) is 5.69 Å². The lowest BCUT2D eigenvalue weighted by atomic mass is 10.1. The van der Waals surface area contributed by atoms with Crippen molar-refractivity contribution in [3.63, 3.8) is 0 Å². The van der Waals surface area contributed by atoms with Crippen LogP contribution < -0.4 is 0 Å². The SMILES string of the molecule is Cc1nc2c3cc(O)ccc3ccn2c1Br. The Hall–Kier alpha value is -1.55. The van der Waals surface area contributed by atoms with E-state index in [1.807, 2.05) is 29.7 Å². The fourth-order valence-electron chi connectivity index (χ4n) is 1.89. The lowest BCUT2D eigenvalue weighted by Crippen LogP contribution is -1.85. The maximum absolute atomic E-state index is 9.52. The number of phenols is 1. The highest BCUT2D eigenvalue weighted by Crippen LogP contribution is 2.27. The van der Waals surface area contributed by atoms with Crippen LogP contribution in [-0.2, 0) is 0 Å². The molecule has 0 atom stereocenters. The van der Waals surface area contributed by atoms with Crippen LogP contribution in [0.2, 0.25) is 0 Å². The molecular formula is C12H9BrN2O. The normalized spacial score (nSPS) is 11.4. The minimum Gasteiger partial charge on any atom is -0.508 e. The molecule has 1 N–H and O–H groups in total. The molecule has 80 valence electrons. The quantitative estimate of drug-likeness (QED) is 0.684. The van der Waals surface area contributed by atoms with Crippen molar-refractivity contribution in [3.05, 3.63) is 40.8 Å². The Balaban J connectivity index is 2.57. The molecule has 0 amide bonds. The lowest BCUT2D eigenvalue weighted by molar-refractivity contribution is 0.476. The summed E-state index contributed by atoms with van der Waals surface area (Å²) in [4.78, 5) is 4.49. The van der Waals surface area contributed by atoms with Gasteiger partial charge in [0.1, 0.15) is 16.0 Å². The molecule has 2 heterocycles. The predicted octanol–water partition coefficient (Wildman–Crippen LogP) is 3.26. The molecule has 0 spiro atoms. The average Bonchev–Trinajstić information content (AvgIpc) is 2.56. The molecule has 4 heteroatoms. The van der Waals surface area contributed by atoms with Gasteiger partial charge in [0.2, 0.25) is 0 Å². The van der Waals surface area contributed by atoms with Crippen molar-refractivity contribution >= 4 is 32.3 Å². The Kier molecular flexibility index (Phi) is 1.94. The summed E-state index contributed by atoms with van der Waals surface area (Å²) in [5.41, 5.74) is 1.80. The van der Waals surface area contributed by atoms with E-state index in [2.05, 4.69) is 20.9 Å². The predicted molar refractivity (Wildman–Crippen MR) is 66.8 cm³/mol. The van der Waals surface area contributed by atoms with E-state index in [1.165, 1.54) is 0 Å². The van der Waals surface area contributed by atoms with Gasteiger partial charge in [-0.15, -0.1) is 0 Å². The van der Waals surface area contributed by atoms with E-state index in [0.717, 1.165) is 26.7 Å². The molecule has 0 radical (unpaired) electrons. The number of aromatic hydroxyl groups is 1. The molecule has 0 aliphatic carbocycles. The van der Waals surface area contributed by atoms with Gasteiger partial charge in [0.05, 0.1) is 5.69 Å². The third-order valence-corrected chi connectivity index (χ3v) is 3.65. The van der Waals surface area contributed by atoms with Crippen molar-refractivity contribution in [2.45, 2.75) is 6.92 Å². The van der Waals surface area contributed by atoms with E-state index in [0.29, 0.717) is 0 Å². The highest BCUT2D eigenvalue weighted by molar-refractivity contribution is 9.10. The molecule has 16 heavy (non-hydrogen) atoms. The van der Waals surface area contributed by atoms with Crippen LogP contribution in [0.4, 0.5) is 0 Å². The number of nitrogens with zero attached hydrogens (tertiary/aromatic N) is 2. The minimum absolute atomic E-state index is 0.261. The molecule has 1 aromatic carbocycles. The Morgan fingerprint density at radius 3 is 2.94 bits per heavy atom. The molecular weight excluding hydrogens is 268 g/mol. The summed E-state index contributed by atoms with van der Waals surface area (Å²) in [5, 5.41) is 11.5. The number of phenolic OH excluding ortho intramolecular Hbond substituents is 1. The van der Waals surface area contributed by atoms with E-state index in [-0.39, 0.29) is 5.75 Å². The smallest absolute Gasteiger partial charge is 0.145 e. The van der Waals surface area contributed by atoms with Crippen molar-refractivity contribution in [3.8, 4) is 5.75 Å². The number of rotatable bonds is 0. The van der Waals surface area contributed by atoms with Crippen LogP contribution in [0, 0.1) is 6.92 Å². The second-order valence-electron chi connectivity index (χ2n) is 3.77. The first-order valence-corrected chi connectivity index (χ1v) is 5.72. The summed E-state index contributed by atoms with van der Waals surface area (Å²) in [6.45, 7) is 1.95. The molecule has 2 aromatic heterocycles. The summed E-state index contributed by atoms with van der Waals surface area (Å²) in [6.07, 6.45) is 1.97. The van der Waals surface area contributed by atoms with Crippen molar-refractivity contribution in [1.29, 1.82) is 0 Å². The van der Waals surface area contributed by atoms with E-state index in [4.69, 9.17) is 0 Å². The van der Waals surface area contributed by atoms with Gasteiger partial charge in [-0.05, 0) is 46.4 Å². The van der Waals surface area contributed by atoms with Crippen molar-refractivity contribution in [2.24, 2.45) is 0 Å². The zero-order valence-electron chi connectivity index (χ0n) is 8.61. The third kappa shape index (κ3) is 1.23. The lowest BCUT2D eigenvalue weighted by Gasteiger charge is -2.01. The van der Waals surface area contributed by atoms with Crippen LogP contribution in [0.15, 0.2) is 35.1 Å². The monoisotopic (exact) mass is 276 g/mol. The molecule has 0 aliphatic heterocycles. The first-order valence-electron chi connectivity index (χ1n) is 4.93. The first kappa shape index (κ1) is 9.66. The molecule has 0 fully saturated rings. The molecule has 3 rings (SSSR count). The Bertz CT molecular complexity index is 703. The van der Waals surface area contributed by atoms with E-state index < -0.39 is 0 Å². The van der Waals surface area contributed by atoms with Gasteiger partial charge in [-0.25, -0.2) is 4.98 Å². The molecule has 0 aliphatic rings. The van der Waals surface area contributed by atoms with Crippen LogP contribution in [0.3, 0.4) is 0 Å². The van der Waals surface area contributed by atoms with Crippen LogP contribution >= 0.6 is 15.9 Å². The van der Waals surface area contributed by atoms with Gasteiger partial charge in [-0.3, -0.25) is 4.40 Å². The summed E-state index contributed by atoms with van der Waals surface area (Å²) >= 11 is 3.49. The highest BCUT2D eigenvalue weighted by Gasteiger charge is 2.08. The van der Waals surface area contributed by atoms with Gasteiger partial charge in [0, 0.05) is 11.6 Å². The van der Waals surface area contributed by atoms with Gasteiger partial charge in [-0.1, -0.05) is 6.07 Å². The van der Waals surface area contributed by atoms with Gasteiger partial charge < -0.3 is 5.11 Å². The Morgan fingerprint density at radius 2 is 2.12 bits per heavy atom. The number of benzene rings is 1. The van der Waals surface area contributed by atoms with Gasteiger partial charge in [0.25, 0.3) is 0 Å². The minimum atomic E-state index is 0.261. The first-order chi connectivity index (χ1) is 7.66. The van der Waals surface area contributed by atoms with Crippen molar-refractivity contribution in [1.82, 2.24) is 9.38 Å². The Morgan fingerprint density at radius 1 is 1.31 bits per heavy atom. The van der Waals surface area contributed by atoms with Crippen LogP contribution in [0.25, 0.3) is 16.4 Å². The number of fused-ring (bicyclic) bond motifs is 3. The largest absolute Gasteiger partial charge is 0.508 e. The summed E-state index contributed by atoms with van der Waals surface area (Å²) in [7, 11) is 0. The van der Waals surface area contributed by atoms with Crippen molar-refractivity contribution in [2.75, 3.05) is 0 Å². The number of aryl methyl sites for hydroxylation is 1. The average molecular weight is 277 g/mol. The fourth-order valence-corrected chi connectivity index (χ4v) is 2.27. The number of imidazole rings is 1. The molecule has 3 nitrogen and oxygen atoms in total. The fraction of sp³-hybridized carbons (Fsp3) is 0.0833. The summed E-state index contributed by atoms with van der Waals surface area (Å²) in [6, 6.07) is 7.32. The molecule has 3 aromatic rings. The van der Waals surface area contributed by atoms with Gasteiger partial charge >= 0.3 is 0 Å². The summed E-state index contributed by atoms with van der Waals surface area (Å²) < 4.78 is 2.92. The van der Waals surface area contributed by atoms with Gasteiger partial charge in [0.15, 0.2) is 0 Å². The third-order valence-electron chi connectivity index (χ3n) is 2.69. The number of hydrogen-bond acceptors (Lipinski definition) is 2. The second kappa shape index (κ2) is 3.22. The standard InChI is InChI=1S/C12H9BrN2O/c1-7-11(13)15-5-4-8-2-3-9(16)6-10(8)12(15)14-7/h2-6,16H,1H3. The molecule has 0 unspecified atom stereocenters. The van der Waals surface area contributed by atoms with Crippen LogP contribution in [-0.4, -0.2) is 14.5 Å². The highest BCUT2D eigenvalue weighted by atomic mass is 79.9. The summed E-state index contributed by atoms with van der Waals surface area (Å²) in [5.74, 6) is 0.261. The van der Waals surface area contributed by atoms with Gasteiger partial charge in [-0.2, -0.15) is 0 Å². The van der Waals surface area contributed by atoms with E-state index in [1.54, 1.807) is 12.1 Å². The topological polar surface area (TPSA) is 37.5 Å². The van der Waals surface area contributed by atoms with E-state index >= 15 is 0 Å². The zero-order chi connectivity index (χ0) is 11.3. The maximum atomic E-state index is 9.52. The van der Waals surface area contributed by atoms with Crippen LogP contribution in [0.5, 0.6) is 5.75 Å². The Labute approximate surface area is 100 Å². The number of pyridine rings is 1. The molecule has 0 bridgehead atoms. The maximum Gasteiger partial charge on any atom is 0.145 e. The number of aromatic nitrogens is 2. The number of hydrogen-bond donors (Lipinski definition) is 1. The van der Waals surface area contributed by atoms with Crippen molar-refractivity contribution < 1.29 is 5.11 Å². The molecule has 0 saturated heterocycles.